The van der Waals surface area contributed by atoms with E-state index in [0.717, 1.165) is 12.0 Å². The van der Waals surface area contributed by atoms with Crippen LogP contribution in [0.25, 0.3) is 0 Å². The van der Waals surface area contributed by atoms with Crippen LogP contribution in [0.2, 0.25) is 0 Å². The minimum absolute atomic E-state index is 0.00953. The number of fused-ring (bicyclic) bond motifs is 1. The Balaban J connectivity index is 1.44. The van der Waals surface area contributed by atoms with Crippen LogP contribution in [-0.4, -0.2) is 36.9 Å². The van der Waals surface area contributed by atoms with Crippen LogP contribution in [0, 0.1) is 5.82 Å². The third-order valence-electron chi connectivity index (χ3n) is 4.81. The average Bonchev–Trinajstić information content (AvgIpc) is 2.92. The topological polar surface area (TPSA) is 58.6 Å². The van der Waals surface area contributed by atoms with Crippen molar-refractivity contribution in [2.24, 2.45) is 0 Å². The Hall–Kier alpha value is -2.73. The molecule has 6 heteroatoms. The third-order valence-corrected chi connectivity index (χ3v) is 4.81. The second kappa shape index (κ2) is 8.31. The Labute approximate surface area is 158 Å². The van der Waals surface area contributed by atoms with Gasteiger partial charge in [0, 0.05) is 12.6 Å². The summed E-state index contributed by atoms with van der Waals surface area (Å²) in [5.41, 5.74) is 1.81. The van der Waals surface area contributed by atoms with Gasteiger partial charge in [0.25, 0.3) is 11.8 Å². The molecule has 27 heavy (non-hydrogen) atoms. The van der Waals surface area contributed by atoms with Crippen LogP contribution >= 0.6 is 0 Å². The van der Waals surface area contributed by atoms with Crippen molar-refractivity contribution in [3.63, 3.8) is 0 Å². The number of carbonyl (C=O) groups excluding carboxylic acids is 2. The van der Waals surface area contributed by atoms with Gasteiger partial charge in [0.15, 0.2) is 11.6 Å². The van der Waals surface area contributed by atoms with Crippen molar-refractivity contribution in [1.29, 1.82) is 0 Å². The Bertz CT molecular complexity index is 818. The molecule has 0 aromatic heterocycles. The number of nitrogens with zero attached hydrogens (tertiary/aromatic N) is 1. The van der Waals surface area contributed by atoms with Crippen molar-refractivity contribution in [1.82, 2.24) is 10.2 Å². The first-order chi connectivity index (χ1) is 13.0. The highest BCUT2D eigenvalue weighted by Crippen LogP contribution is 2.23. The molecule has 0 radical (unpaired) electrons. The summed E-state index contributed by atoms with van der Waals surface area (Å²) in [5, 5.41) is 3.33. The smallest absolute Gasteiger partial charge is 0.261 e. The van der Waals surface area contributed by atoms with E-state index in [2.05, 4.69) is 5.32 Å². The largest absolute Gasteiger partial charge is 0.494 e. The van der Waals surface area contributed by atoms with Crippen LogP contribution in [-0.2, 0) is 0 Å². The molecular formula is C21H23FN2O3. The summed E-state index contributed by atoms with van der Waals surface area (Å²) in [5.74, 6) is -0.586. The molecule has 1 aliphatic heterocycles. The molecule has 2 amide bonds. The van der Waals surface area contributed by atoms with Crippen molar-refractivity contribution in [2.45, 2.75) is 25.8 Å². The zero-order valence-electron chi connectivity index (χ0n) is 15.5. The second-order valence-electron chi connectivity index (χ2n) is 6.58. The number of ether oxygens (including phenoxy) is 1. The molecule has 0 saturated carbocycles. The lowest BCUT2D eigenvalue weighted by Crippen LogP contribution is -2.31. The summed E-state index contributed by atoms with van der Waals surface area (Å²) in [4.78, 5) is 25.9. The number of methoxy groups -OCH3 is 1. The second-order valence-corrected chi connectivity index (χ2v) is 6.58. The monoisotopic (exact) mass is 370 g/mol. The van der Waals surface area contributed by atoms with Gasteiger partial charge >= 0.3 is 0 Å². The van der Waals surface area contributed by atoms with Crippen molar-refractivity contribution in [3.05, 3.63) is 65.0 Å². The number of unbranched alkanes of at least 4 members (excludes halogenated alkanes) is 1. The molecule has 1 heterocycles. The van der Waals surface area contributed by atoms with E-state index in [1.165, 1.54) is 18.1 Å². The molecule has 1 aliphatic rings. The molecule has 2 aromatic rings. The molecular weight excluding hydrogens is 347 g/mol. The molecule has 0 unspecified atom stereocenters. The van der Waals surface area contributed by atoms with E-state index in [4.69, 9.17) is 4.74 Å². The Morgan fingerprint density at radius 1 is 1.07 bits per heavy atom. The normalized spacial score (nSPS) is 14.4. The lowest BCUT2D eigenvalue weighted by atomic mass is 10.1. The zero-order valence-corrected chi connectivity index (χ0v) is 15.5. The van der Waals surface area contributed by atoms with E-state index < -0.39 is 0 Å². The first-order valence-electron chi connectivity index (χ1n) is 9.05. The maximum absolute atomic E-state index is 13.8. The summed E-state index contributed by atoms with van der Waals surface area (Å²) in [7, 11) is 1.44. The minimum Gasteiger partial charge on any atom is -0.494 e. The number of rotatable bonds is 8. The van der Waals surface area contributed by atoms with Crippen LogP contribution in [0.15, 0.2) is 42.5 Å². The quantitative estimate of drug-likeness (QED) is 0.570. The van der Waals surface area contributed by atoms with E-state index in [0.29, 0.717) is 30.6 Å². The molecule has 0 saturated heterocycles. The number of benzene rings is 2. The average molecular weight is 370 g/mol. The van der Waals surface area contributed by atoms with Gasteiger partial charge in [-0.15, -0.1) is 0 Å². The van der Waals surface area contributed by atoms with Gasteiger partial charge in [0.05, 0.1) is 18.2 Å². The fourth-order valence-corrected chi connectivity index (χ4v) is 3.23. The summed E-state index contributed by atoms with van der Waals surface area (Å²) < 4.78 is 18.7. The van der Waals surface area contributed by atoms with Gasteiger partial charge in [-0.1, -0.05) is 18.2 Å². The molecule has 0 aliphatic carbocycles. The molecule has 1 atom stereocenters. The number of imide groups is 1. The number of carbonyl (C=O) groups is 2. The van der Waals surface area contributed by atoms with E-state index in [9.17, 15) is 14.0 Å². The van der Waals surface area contributed by atoms with Gasteiger partial charge in [0.1, 0.15) is 0 Å². The molecule has 0 bridgehead atoms. The highest BCUT2D eigenvalue weighted by atomic mass is 19.1. The van der Waals surface area contributed by atoms with Gasteiger partial charge < -0.3 is 10.1 Å². The molecule has 5 nitrogen and oxygen atoms in total. The maximum Gasteiger partial charge on any atom is 0.261 e. The fraction of sp³-hybridized carbons (Fsp3) is 0.333. The van der Waals surface area contributed by atoms with E-state index >= 15 is 0 Å². The SMILES string of the molecule is COc1ccc([C@H](C)NCCCCN2C(=O)c3ccccc3C2=O)cc1F. The number of hydrogen-bond donors (Lipinski definition) is 1. The predicted octanol–water partition coefficient (Wildman–Crippen LogP) is 3.56. The molecule has 0 fully saturated rings. The van der Waals surface area contributed by atoms with Crippen LogP contribution < -0.4 is 10.1 Å². The molecule has 142 valence electrons. The highest BCUT2D eigenvalue weighted by molar-refractivity contribution is 6.21. The Morgan fingerprint density at radius 3 is 2.33 bits per heavy atom. The van der Waals surface area contributed by atoms with Gasteiger partial charge in [0.2, 0.25) is 0 Å². The van der Waals surface area contributed by atoms with Gasteiger partial charge in [-0.05, 0) is 56.1 Å². The number of halogens is 1. The van der Waals surface area contributed by atoms with Gasteiger partial charge in [-0.2, -0.15) is 0 Å². The maximum atomic E-state index is 13.8. The number of amides is 2. The number of nitrogens with one attached hydrogen (secondary N) is 1. The van der Waals surface area contributed by atoms with Crippen LogP contribution in [0.4, 0.5) is 4.39 Å². The highest BCUT2D eigenvalue weighted by Gasteiger charge is 2.34. The summed E-state index contributed by atoms with van der Waals surface area (Å²) in [6, 6.07) is 11.8. The van der Waals surface area contributed by atoms with Crippen molar-refractivity contribution in [2.75, 3.05) is 20.2 Å². The Morgan fingerprint density at radius 2 is 1.74 bits per heavy atom. The molecule has 0 spiro atoms. The molecule has 3 rings (SSSR count). The first-order valence-corrected chi connectivity index (χ1v) is 9.05. The summed E-state index contributed by atoms with van der Waals surface area (Å²) in [6.45, 7) is 3.07. The fourth-order valence-electron chi connectivity index (χ4n) is 3.23. The van der Waals surface area contributed by atoms with Crippen molar-refractivity contribution in [3.8, 4) is 5.75 Å². The van der Waals surface area contributed by atoms with E-state index in [1.54, 1.807) is 30.3 Å². The van der Waals surface area contributed by atoms with E-state index in [1.807, 2.05) is 13.0 Å². The Kier molecular flexibility index (Phi) is 5.86. The molecule has 2 aromatic carbocycles. The summed E-state index contributed by atoms with van der Waals surface area (Å²) >= 11 is 0. The lowest BCUT2D eigenvalue weighted by Gasteiger charge is -2.16. The van der Waals surface area contributed by atoms with Gasteiger partial charge in [-0.3, -0.25) is 14.5 Å². The van der Waals surface area contributed by atoms with Crippen molar-refractivity contribution < 1.29 is 18.7 Å². The minimum atomic E-state index is -0.380. The number of hydrogen-bond acceptors (Lipinski definition) is 4. The van der Waals surface area contributed by atoms with Crippen LogP contribution in [0.5, 0.6) is 5.75 Å². The van der Waals surface area contributed by atoms with Crippen molar-refractivity contribution >= 4 is 11.8 Å². The molecule has 1 N–H and O–H groups in total. The van der Waals surface area contributed by atoms with Gasteiger partial charge in [-0.25, -0.2) is 4.39 Å². The zero-order chi connectivity index (χ0) is 19.4. The lowest BCUT2D eigenvalue weighted by molar-refractivity contribution is 0.0651. The van der Waals surface area contributed by atoms with Crippen LogP contribution in [0.1, 0.15) is 52.1 Å². The summed E-state index contributed by atoms with van der Waals surface area (Å²) in [6.07, 6.45) is 1.51. The first kappa shape index (κ1) is 19.0. The van der Waals surface area contributed by atoms with Crippen LogP contribution in [0.3, 0.4) is 0 Å². The standard InChI is InChI=1S/C21H23FN2O3/c1-14(15-9-10-19(27-2)18(22)13-15)23-11-5-6-12-24-20(25)16-7-3-4-8-17(16)21(24)26/h3-4,7-10,13-14,23H,5-6,11-12H2,1-2H3/t14-/m0/s1. The predicted molar refractivity (Wildman–Crippen MR) is 100 cm³/mol. The van der Waals surface area contributed by atoms with E-state index in [-0.39, 0.29) is 29.4 Å². The third kappa shape index (κ3) is 4.01.